The number of hydrogen-bond donors (Lipinski definition) is 1. The maximum atomic E-state index is 13.7. The molecule has 0 radical (unpaired) electrons. The van der Waals surface area contributed by atoms with Crippen molar-refractivity contribution in [3.63, 3.8) is 0 Å². The molecule has 11 heteroatoms. The van der Waals surface area contributed by atoms with Crippen LogP contribution in [0.2, 0.25) is 0 Å². The first-order valence-electron chi connectivity index (χ1n) is 10.8. The molecule has 1 aliphatic rings. The van der Waals surface area contributed by atoms with Gasteiger partial charge in [0.15, 0.2) is 0 Å². The van der Waals surface area contributed by atoms with Gasteiger partial charge in [-0.2, -0.15) is 13.2 Å². The fraction of sp³-hybridized carbons (Fsp3) is 0.304. The first-order valence-corrected chi connectivity index (χ1v) is 13.1. The van der Waals surface area contributed by atoms with Crippen LogP contribution in [0.25, 0.3) is 21.2 Å². The topological polar surface area (TPSA) is 76.9 Å². The molecule has 2 aromatic carbocycles. The third-order valence-corrected chi connectivity index (χ3v) is 8.62. The summed E-state index contributed by atoms with van der Waals surface area (Å²) < 4.78 is 73.1. The monoisotopic (exact) mass is 506 g/mol. The first kappa shape index (κ1) is 23.0. The lowest BCUT2D eigenvalue weighted by molar-refractivity contribution is -0.137. The normalized spacial score (nSPS) is 19.5. The van der Waals surface area contributed by atoms with E-state index >= 15 is 0 Å². The molecule has 2 aromatic heterocycles. The second-order valence-corrected chi connectivity index (χ2v) is 11.1. The zero-order valence-corrected chi connectivity index (χ0v) is 19.5. The molecule has 1 saturated carbocycles. The molecule has 0 saturated heterocycles. The van der Waals surface area contributed by atoms with E-state index in [1.165, 1.54) is 17.4 Å². The summed E-state index contributed by atoms with van der Waals surface area (Å²) in [6, 6.07) is 9.90. The molecule has 6 nitrogen and oxygen atoms in total. The number of nitrogens with zero attached hydrogens (tertiary/aromatic N) is 3. The highest BCUT2D eigenvalue weighted by atomic mass is 32.2. The van der Waals surface area contributed by atoms with Crippen molar-refractivity contribution in [2.24, 2.45) is 0 Å². The number of halogens is 3. The Labute approximate surface area is 198 Å². The second-order valence-electron chi connectivity index (χ2n) is 8.44. The third kappa shape index (κ3) is 4.59. The quantitative estimate of drug-likeness (QED) is 0.380. The number of aromatic nitrogens is 3. The fourth-order valence-corrected chi connectivity index (χ4v) is 6.81. The Bertz CT molecular complexity index is 1420. The van der Waals surface area contributed by atoms with Crippen LogP contribution in [0.4, 0.5) is 13.2 Å². The van der Waals surface area contributed by atoms with E-state index in [4.69, 9.17) is 0 Å². The molecule has 0 bridgehead atoms. The fourth-order valence-electron chi connectivity index (χ4n) is 4.52. The molecule has 5 rings (SSSR count). The predicted molar refractivity (Wildman–Crippen MR) is 124 cm³/mol. The number of sulfonamides is 1. The minimum Gasteiger partial charge on any atom is -0.317 e. The molecule has 2 atom stereocenters. The first-order chi connectivity index (χ1) is 16.2. The van der Waals surface area contributed by atoms with Gasteiger partial charge in [0.2, 0.25) is 10.0 Å². The van der Waals surface area contributed by atoms with E-state index in [1.807, 2.05) is 22.1 Å². The lowest BCUT2D eigenvalue weighted by atomic mass is 9.91. The van der Waals surface area contributed by atoms with Gasteiger partial charge in [-0.25, -0.2) is 13.1 Å². The average Bonchev–Trinajstić information content (AvgIpc) is 3.50. The van der Waals surface area contributed by atoms with Gasteiger partial charge in [-0.1, -0.05) is 18.2 Å². The van der Waals surface area contributed by atoms with Crippen LogP contribution < -0.4 is 4.72 Å². The van der Waals surface area contributed by atoms with E-state index in [2.05, 4.69) is 14.9 Å². The summed E-state index contributed by atoms with van der Waals surface area (Å²) in [5.74, 6) is 0. The van der Waals surface area contributed by atoms with Crippen LogP contribution in [0.15, 0.2) is 65.4 Å². The predicted octanol–water partition coefficient (Wildman–Crippen LogP) is 5.64. The maximum Gasteiger partial charge on any atom is 0.416 e. The molecule has 1 N–H and O–H groups in total. The smallest absolute Gasteiger partial charge is 0.317 e. The summed E-state index contributed by atoms with van der Waals surface area (Å²) in [6.07, 6.45) is 1.25. The van der Waals surface area contributed by atoms with E-state index in [0.717, 1.165) is 29.0 Å². The highest BCUT2D eigenvalue weighted by Crippen LogP contribution is 2.38. The molecular formula is C23H21F3N4O2S2. The van der Waals surface area contributed by atoms with Crippen molar-refractivity contribution in [3.8, 4) is 11.1 Å². The third-order valence-electron chi connectivity index (χ3n) is 6.16. The van der Waals surface area contributed by atoms with Crippen LogP contribution in [0, 0.1) is 0 Å². The van der Waals surface area contributed by atoms with Crippen LogP contribution in [0.3, 0.4) is 0 Å². The second kappa shape index (κ2) is 8.79. The molecule has 1 aliphatic carbocycles. The molecule has 178 valence electrons. The SMILES string of the molecule is O=S(=O)(N[C@H]1CCC[C@@H](n2cnnc2)C1)c1cc(-c2cccc3ccsc23)cc(C(F)(F)F)c1. The minimum atomic E-state index is -4.69. The molecule has 34 heavy (non-hydrogen) atoms. The van der Waals surface area contributed by atoms with Crippen LogP contribution >= 0.6 is 11.3 Å². The van der Waals surface area contributed by atoms with Gasteiger partial charge in [0.1, 0.15) is 12.7 Å². The van der Waals surface area contributed by atoms with Crippen molar-refractivity contribution in [3.05, 3.63) is 66.1 Å². The Hall–Kier alpha value is -2.76. The average molecular weight is 507 g/mol. The molecule has 0 spiro atoms. The van der Waals surface area contributed by atoms with Gasteiger partial charge in [0.05, 0.1) is 10.5 Å². The summed E-state index contributed by atoms with van der Waals surface area (Å²) in [6.45, 7) is 0. The van der Waals surface area contributed by atoms with Crippen molar-refractivity contribution in [1.29, 1.82) is 0 Å². The highest BCUT2D eigenvalue weighted by Gasteiger charge is 2.34. The van der Waals surface area contributed by atoms with Gasteiger partial charge in [0, 0.05) is 16.8 Å². The van der Waals surface area contributed by atoms with Gasteiger partial charge in [-0.15, -0.1) is 21.5 Å². The summed E-state index contributed by atoms with van der Waals surface area (Å²) in [5, 5.41) is 10.4. The number of thiophene rings is 1. The minimum absolute atomic E-state index is 0.0324. The maximum absolute atomic E-state index is 13.7. The van der Waals surface area contributed by atoms with Crippen molar-refractivity contribution in [2.75, 3.05) is 0 Å². The molecule has 0 aliphatic heterocycles. The number of benzene rings is 2. The zero-order valence-electron chi connectivity index (χ0n) is 17.9. The van der Waals surface area contributed by atoms with Gasteiger partial charge >= 0.3 is 6.18 Å². The van der Waals surface area contributed by atoms with Crippen molar-refractivity contribution < 1.29 is 21.6 Å². The van der Waals surface area contributed by atoms with Crippen LogP contribution in [0.1, 0.15) is 37.3 Å². The standard InChI is InChI=1S/C23H21F3N4O2S2/c24-23(25,26)17-9-16(21-6-1-3-15-7-8-33-22(15)21)10-20(11-17)34(31,32)29-18-4-2-5-19(12-18)30-13-27-28-14-30/h1,3,6-11,13-14,18-19,29H,2,4-5,12H2/t18-,19+/m0/s1. The Morgan fingerprint density at radius 2 is 1.85 bits per heavy atom. The molecule has 0 unspecified atom stereocenters. The number of fused-ring (bicyclic) bond motifs is 1. The summed E-state index contributed by atoms with van der Waals surface area (Å²) >= 11 is 1.40. The number of hydrogen-bond acceptors (Lipinski definition) is 5. The van der Waals surface area contributed by atoms with Gasteiger partial charge in [-0.3, -0.25) is 0 Å². The lowest BCUT2D eigenvalue weighted by Crippen LogP contribution is -2.38. The van der Waals surface area contributed by atoms with Crippen molar-refractivity contribution in [1.82, 2.24) is 19.5 Å². The van der Waals surface area contributed by atoms with Crippen LogP contribution in [-0.4, -0.2) is 29.2 Å². The van der Waals surface area contributed by atoms with E-state index < -0.39 is 32.7 Å². The van der Waals surface area contributed by atoms with E-state index in [9.17, 15) is 21.6 Å². The Kier molecular flexibility index (Phi) is 5.95. The summed E-state index contributed by atoms with van der Waals surface area (Å²) in [7, 11) is -4.19. The summed E-state index contributed by atoms with van der Waals surface area (Å²) in [4.78, 5) is -0.391. The summed E-state index contributed by atoms with van der Waals surface area (Å²) in [5.41, 5.74) is -0.209. The van der Waals surface area contributed by atoms with Gasteiger partial charge in [0.25, 0.3) is 0 Å². The zero-order chi connectivity index (χ0) is 23.9. The number of nitrogens with one attached hydrogen (secondary N) is 1. The molecule has 0 amide bonds. The van der Waals surface area contributed by atoms with Gasteiger partial charge < -0.3 is 4.57 Å². The Morgan fingerprint density at radius 3 is 2.62 bits per heavy atom. The molecular weight excluding hydrogens is 485 g/mol. The largest absolute Gasteiger partial charge is 0.416 e. The van der Waals surface area contributed by atoms with E-state index in [0.29, 0.717) is 24.5 Å². The highest BCUT2D eigenvalue weighted by molar-refractivity contribution is 7.89. The van der Waals surface area contributed by atoms with Crippen molar-refractivity contribution >= 4 is 31.4 Å². The lowest BCUT2D eigenvalue weighted by Gasteiger charge is -2.30. The Balaban J connectivity index is 1.51. The van der Waals surface area contributed by atoms with Crippen LogP contribution in [-0.2, 0) is 16.2 Å². The molecule has 1 fully saturated rings. The molecule has 4 aromatic rings. The number of alkyl halides is 3. The van der Waals surface area contributed by atoms with E-state index in [-0.39, 0.29) is 11.6 Å². The van der Waals surface area contributed by atoms with Crippen molar-refractivity contribution in [2.45, 2.75) is 48.8 Å². The number of rotatable bonds is 5. The van der Waals surface area contributed by atoms with E-state index in [1.54, 1.807) is 24.8 Å². The van der Waals surface area contributed by atoms with Gasteiger partial charge in [-0.05, 0) is 71.8 Å². The Morgan fingerprint density at radius 1 is 1.06 bits per heavy atom. The van der Waals surface area contributed by atoms with Crippen LogP contribution in [0.5, 0.6) is 0 Å². The molecule has 2 heterocycles.